The maximum absolute atomic E-state index is 6.50. The summed E-state index contributed by atoms with van der Waals surface area (Å²) in [6.07, 6.45) is 2.10. The molecule has 0 spiro atoms. The first-order valence-corrected chi connectivity index (χ1v) is 9.41. The van der Waals surface area contributed by atoms with Crippen LogP contribution in [0.4, 0.5) is 0 Å². The van der Waals surface area contributed by atoms with Crippen molar-refractivity contribution in [3.8, 4) is 5.69 Å². The normalized spacial score (nSPS) is 13.3. The maximum Gasteiger partial charge on any atom is 0.0991 e. The molecule has 4 aromatic rings. The number of halogens is 1. The lowest BCUT2D eigenvalue weighted by Crippen LogP contribution is -2.07. The first kappa shape index (κ1) is 14.9. The van der Waals surface area contributed by atoms with E-state index in [0.29, 0.717) is 6.54 Å². The molecule has 0 unspecified atom stereocenters. The molecule has 5 rings (SSSR count). The Morgan fingerprint density at radius 1 is 1.08 bits per heavy atom. The minimum Gasteiger partial charge on any atom is -0.314 e. The maximum atomic E-state index is 6.50. The summed E-state index contributed by atoms with van der Waals surface area (Å²) in [5.41, 5.74) is 5.63. The number of aromatic nitrogens is 1. The van der Waals surface area contributed by atoms with Gasteiger partial charge in [0, 0.05) is 21.5 Å². The van der Waals surface area contributed by atoms with Crippen LogP contribution in [0.5, 0.6) is 0 Å². The zero-order valence-electron chi connectivity index (χ0n) is 13.7. The summed E-state index contributed by atoms with van der Waals surface area (Å²) in [7, 11) is 0. The summed E-state index contributed by atoms with van der Waals surface area (Å²) >= 11 is 8.29. The van der Waals surface area contributed by atoms with Crippen molar-refractivity contribution in [2.24, 2.45) is 4.99 Å². The Kier molecular flexibility index (Phi) is 3.34. The highest BCUT2D eigenvalue weighted by atomic mass is 35.5. The Hall–Kier alpha value is -2.36. The van der Waals surface area contributed by atoms with Gasteiger partial charge in [-0.2, -0.15) is 0 Å². The van der Waals surface area contributed by atoms with Gasteiger partial charge in [0.1, 0.15) is 0 Å². The predicted octanol–water partition coefficient (Wildman–Crippen LogP) is 6.00. The average Bonchev–Trinajstić information content (AvgIpc) is 3.22. The zero-order chi connectivity index (χ0) is 17.0. The third-order valence-electron chi connectivity index (χ3n) is 4.71. The van der Waals surface area contributed by atoms with Crippen LogP contribution >= 0.6 is 22.9 Å². The van der Waals surface area contributed by atoms with Crippen molar-refractivity contribution in [1.29, 1.82) is 0 Å². The number of aliphatic imine (C=N–C) groups is 1. The molecule has 0 bridgehead atoms. The van der Waals surface area contributed by atoms with Gasteiger partial charge in [-0.3, -0.25) is 4.99 Å². The summed E-state index contributed by atoms with van der Waals surface area (Å²) in [6.45, 7) is 2.73. The summed E-state index contributed by atoms with van der Waals surface area (Å²) in [5.74, 6) is 0. The number of aryl methyl sites for hydroxylation is 1. The van der Waals surface area contributed by atoms with E-state index >= 15 is 0 Å². The molecular formula is C21H15ClN2S. The van der Waals surface area contributed by atoms with Crippen LogP contribution in [0.1, 0.15) is 21.7 Å². The van der Waals surface area contributed by atoms with Gasteiger partial charge in [0.15, 0.2) is 0 Å². The van der Waals surface area contributed by atoms with E-state index in [9.17, 15) is 0 Å². The Bertz CT molecular complexity index is 1120. The fourth-order valence-corrected chi connectivity index (χ4v) is 4.82. The fraction of sp³-hybridized carbons (Fsp3) is 0.0952. The van der Waals surface area contributed by atoms with Crippen LogP contribution in [0, 0.1) is 6.92 Å². The fourth-order valence-electron chi connectivity index (χ4n) is 3.53. The highest BCUT2D eigenvalue weighted by Crippen LogP contribution is 2.34. The van der Waals surface area contributed by atoms with Gasteiger partial charge in [-0.1, -0.05) is 35.9 Å². The van der Waals surface area contributed by atoms with Gasteiger partial charge >= 0.3 is 0 Å². The van der Waals surface area contributed by atoms with Gasteiger partial charge in [-0.15, -0.1) is 11.3 Å². The molecule has 0 N–H and O–H groups in total. The molecule has 4 heteroatoms. The van der Waals surface area contributed by atoms with Crippen LogP contribution in [0.25, 0.3) is 15.8 Å². The molecule has 3 heterocycles. The molecule has 0 amide bonds. The van der Waals surface area contributed by atoms with Gasteiger partial charge in [0.05, 0.1) is 28.5 Å². The van der Waals surface area contributed by atoms with Crippen molar-refractivity contribution in [1.82, 2.24) is 4.57 Å². The van der Waals surface area contributed by atoms with Crippen LogP contribution < -0.4 is 0 Å². The van der Waals surface area contributed by atoms with E-state index in [1.807, 2.05) is 6.07 Å². The molecular weight excluding hydrogens is 348 g/mol. The van der Waals surface area contributed by atoms with Gasteiger partial charge < -0.3 is 4.57 Å². The van der Waals surface area contributed by atoms with Crippen molar-refractivity contribution >= 4 is 38.7 Å². The largest absolute Gasteiger partial charge is 0.314 e. The third kappa shape index (κ3) is 2.27. The molecule has 2 nitrogen and oxygen atoms in total. The first-order chi connectivity index (χ1) is 12.2. The number of fused-ring (bicyclic) bond motifs is 4. The van der Waals surface area contributed by atoms with Crippen LogP contribution in [0.3, 0.4) is 0 Å². The SMILES string of the molecule is Cc1ccc(Cl)c2c1-n1cccc1C(c1cc3ccccc3s1)=NC2. The Morgan fingerprint density at radius 3 is 2.84 bits per heavy atom. The molecule has 0 saturated carbocycles. The molecule has 25 heavy (non-hydrogen) atoms. The zero-order valence-corrected chi connectivity index (χ0v) is 15.2. The molecule has 1 aliphatic heterocycles. The quantitative estimate of drug-likeness (QED) is 0.395. The van der Waals surface area contributed by atoms with E-state index in [0.717, 1.165) is 27.7 Å². The number of nitrogens with zero attached hydrogens (tertiary/aromatic N) is 2. The minimum atomic E-state index is 0.598. The van der Waals surface area contributed by atoms with E-state index in [-0.39, 0.29) is 0 Å². The van der Waals surface area contributed by atoms with E-state index in [4.69, 9.17) is 16.6 Å². The van der Waals surface area contributed by atoms with E-state index in [1.165, 1.54) is 20.5 Å². The monoisotopic (exact) mass is 362 g/mol. The van der Waals surface area contributed by atoms with Gasteiger partial charge in [0.2, 0.25) is 0 Å². The van der Waals surface area contributed by atoms with Crippen LogP contribution in [-0.2, 0) is 6.54 Å². The molecule has 2 aromatic heterocycles. The lowest BCUT2D eigenvalue weighted by Gasteiger charge is -2.14. The van der Waals surface area contributed by atoms with Crippen molar-refractivity contribution < 1.29 is 0 Å². The summed E-state index contributed by atoms with van der Waals surface area (Å²) < 4.78 is 3.52. The molecule has 0 fully saturated rings. The first-order valence-electron chi connectivity index (χ1n) is 8.22. The Balaban J connectivity index is 1.77. The van der Waals surface area contributed by atoms with Crippen LogP contribution in [-0.4, -0.2) is 10.3 Å². The molecule has 1 aliphatic rings. The second kappa shape index (κ2) is 5.58. The topological polar surface area (TPSA) is 17.3 Å². The lowest BCUT2D eigenvalue weighted by atomic mass is 10.1. The number of thiophene rings is 1. The summed E-state index contributed by atoms with van der Waals surface area (Å²) in [4.78, 5) is 6.16. The number of hydrogen-bond acceptors (Lipinski definition) is 2. The molecule has 0 saturated heterocycles. The molecule has 122 valence electrons. The number of hydrogen-bond donors (Lipinski definition) is 0. The van der Waals surface area contributed by atoms with Crippen molar-refractivity contribution in [2.75, 3.05) is 0 Å². The summed E-state index contributed by atoms with van der Waals surface area (Å²) in [6, 6.07) is 19.0. The summed E-state index contributed by atoms with van der Waals surface area (Å²) in [5, 5.41) is 2.04. The predicted molar refractivity (Wildman–Crippen MR) is 107 cm³/mol. The molecule has 0 aliphatic carbocycles. The van der Waals surface area contributed by atoms with Gasteiger partial charge in [0.25, 0.3) is 0 Å². The molecule has 2 aromatic carbocycles. The van der Waals surface area contributed by atoms with E-state index < -0.39 is 0 Å². The van der Waals surface area contributed by atoms with Crippen molar-refractivity contribution in [2.45, 2.75) is 13.5 Å². The van der Waals surface area contributed by atoms with E-state index in [1.54, 1.807) is 11.3 Å². The highest BCUT2D eigenvalue weighted by Gasteiger charge is 2.22. The van der Waals surface area contributed by atoms with Crippen LogP contribution in [0.2, 0.25) is 5.02 Å². The van der Waals surface area contributed by atoms with E-state index in [2.05, 4.69) is 66.2 Å². The smallest absolute Gasteiger partial charge is 0.0991 e. The van der Waals surface area contributed by atoms with Gasteiger partial charge in [-0.05, 0) is 48.2 Å². The van der Waals surface area contributed by atoms with Gasteiger partial charge in [-0.25, -0.2) is 0 Å². The number of benzene rings is 2. The standard InChI is InChI=1S/C21H15ClN2S/c1-13-8-9-16(22)15-12-23-20(17-6-4-10-24(17)21(13)15)19-11-14-5-2-3-7-18(14)25-19/h2-11H,12H2,1H3. The Morgan fingerprint density at radius 2 is 1.96 bits per heavy atom. The number of rotatable bonds is 1. The van der Waals surface area contributed by atoms with Crippen LogP contribution in [0.15, 0.2) is 65.8 Å². The second-order valence-corrected chi connectivity index (χ2v) is 7.76. The highest BCUT2D eigenvalue weighted by molar-refractivity contribution is 7.21. The third-order valence-corrected chi connectivity index (χ3v) is 6.19. The lowest BCUT2D eigenvalue weighted by molar-refractivity contribution is 1.00. The molecule has 0 atom stereocenters. The molecule has 0 radical (unpaired) electrons. The van der Waals surface area contributed by atoms with Crippen molar-refractivity contribution in [3.05, 3.63) is 87.5 Å². The Labute approximate surface area is 155 Å². The van der Waals surface area contributed by atoms with Crippen molar-refractivity contribution in [3.63, 3.8) is 0 Å². The second-order valence-electron chi connectivity index (χ2n) is 6.27. The minimum absolute atomic E-state index is 0.598. The average molecular weight is 363 g/mol.